The molecule has 1 saturated carbocycles. The molecule has 1 aliphatic carbocycles. The number of carboxylic acids is 1. The molecule has 0 heterocycles. The molecule has 2 rings (SSSR count). The van der Waals surface area contributed by atoms with Crippen molar-refractivity contribution < 1.29 is 23.5 Å². The van der Waals surface area contributed by atoms with Crippen LogP contribution in [-0.4, -0.2) is 22.5 Å². The van der Waals surface area contributed by atoms with Gasteiger partial charge in [-0.05, 0) is 25.0 Å². The van der Waals surface area contributed by atoms with Crippen molar-refractivity contribution in [1.82, 2.24) is 5.32 Å². The van der Waals surface area contributed by atoms with Gasteiger partial charge in [0.1, 0.15) is 5.54 Å². The van der Waals surface area contributed by atoms with E-state index in [1.54, 1.807) is 0 Å². The molecule has 0 unspecified atom stereocenters. The maximum atomic E-state index is 13.4. The van der Waals surface area contributed by atoms with Gasteiger partial charge in [-0.2, -0.15) is 0 Å². The molecular weight excluding hydrogens is 292 g/mol. The number of benzene rings is 1. The lowest BCUT2D eigenvalue weighted by Gasteiger charge is -2.33. The number of carboxylic acid groups (broad SMARTS) is 1. The molecule has 1 fully saturated rings. The normalized spacial score (nSPS) is 16.3. The molecule has 0 aliphatic heterocycles. The van der Waals surface area contributed by atoms with Crippen LogP contribution in [0.5, 0.6) is 0 Å². The summed E-state index contributed by atoms with van der Waals surface area (Å²) in [5.41, 5.74) is -1.56. The fraction of sp³-hybridized carbons (Fsp3) is 0.375. The number of hydrogen-bond donors (Lipinski definition) is 2. The molecule has 1 aromatic carbocycles. The van der Waals surface area contributed by atoms with Crippen LogP contribution in [0.15, 0.2) is 18.2 Å². The molecule has 0 atom stereocenters. The van der Waals surface area contributed by atoms with Crippen molar-refractivity contribution in [3.05, 3.63) is 35.4 Å². The molecule has 0 radical (unpaired) electrons. The first-order chi connectivity index (χ1) is 10.4. The van der Waals surface area contributed by atoms with Gasteiger partial charge in [0.15, 0.2) is 11.6 Å². The summed E-state index contributed by atoms with van der Waals surface area (Å²) >= 11 is 0. The van der Waals surface area contributed by atoms with E-state index in [1.165, 1.54) is 12.1 Å². The number of halogens is 2. The molecule has 4 nitrogen and oxygen atoms in total. The zero-order valence-corrected chi connectivity index (χ0v) is 11.8. The summed E-state index contributed by atoms with van der Waals surface area (Å²) in [6.07, 6.45) is 3.01. The first kappa shape index (κ1) is 16.0. The molecular formula is C16H15F2NO3. The van der Waals surface area contributed by atoms with Gasteiger partial charge in [0, 0.05) is 5.92 Å². The number of aliphatic carboxylic acids is 1. The topological polar surface area (TPSA) is 66.4 Å². The highest BCUT2D eigenvalue weighted by atomic mass is 19.2. The molecule has 0 spiro atoms. The Morgan fingerprint density at radius 2 is 1.86 bits per heavy atom. The number of carbonyl (C=O) groups is 2. The lowest BCUT2D eigenvalue weighted by atomic mass is 9.81. The minimum atomic E-state index is -1.31. The molecule has 116 valence electrons. The Hall–Kier alpha value is -2.42. The van der Waals surface area contributed by atoms with E-state index in [9.17, 15) is 23.5 Å². The van der Waals surface area contributed by atoms with E-state index in [2.05, 4.69) is 17.2 Å². The maximum absolute atomic E-state index is 13.4. The highest BCUT2D eigenvalue weighted by Crippen LogP contribution is 2.28. The SMILES string of the molecule is O=C(C#Cc1cccc(F)c1F)NC1(C(=O)O)CCCCC1. The average molecular weight is 307 g/mol. The monoisotopic (exact) mass is 307 g/mol. The lowest BCUT2D eigenvalue weighted by Crippen LogP contribution is -2.55. The van der Waals surface area contributed by atoms with Crippen LogP contribution >= 0.6 is 0 Å². The zero-order valence-electron chi connectivity index (χ0n) is 11.8. The fourth-order valence-electron chi connectivity index (χ4n) is 2.52. The van der Waals surface area contributed by atoms with Crippen molar-refractivity contribution in [2.75, 3.05) is 0 Å². The van der Waals surface area contributed by atoms with E-state index in [4.69, 9.17) is 0 Å². The standard InChI is InChI=1S/C16H15F2NO3/c17-12-6-4-5-11(14(12)18)7-8-13(20)19-16(15(21)22)9-2-1-3-10-16/h4-6H,1-3,9-10H2,(H,19,20)(H,21,22). The second-order valence-corrected chi connectivity index (χ2v) is 5.25. The van der Waals surface area contributed by atoms with Crippen LogP contribution < -0.4 is 5.32 Å². The van der Waals surface area contributed by atoms with Crippen molar-refractivity contribution in [2.45, 2.75) is 37.6 Å². The van der Waals surface area contributed by atoms with Gasteiger partial charge in [-0.25, -0.2) is 13.6 Å². The van der Waals surface area contributed by atoms with E-state index < -0.39 is 29.0 Å². The Morgan fingerprint density at radius 3 is 2.50 bits per heavy atom. The highest BCUT2D eigenvalue weighted by molar-refractivity contribution is 5.97. The summed E-state index contributed by atoms with van der Waals surface area (Å²) in [4.78, 5) is 23.2. The van der Waals surface area contributed by atoms with Gasteiger partial charge < -0.3 is 10.4 Å². The summed E-state index contributed by atoms with van der Waals surface area (Å²) in [5, 5.41) is 11.7. The Kier molecular flexibility index (Phi) is 4.76. The van der Waals surface area contributed by atoms with Crippen molar-refractivity contribution in [3.63, 3.8) is 0 Å². The largest absolute Gasteiger partial charge is 0.480 e. The highest BCUT2D eigenvalue weighted by Gasteiger charge is 2.40. The molecule has 1 aliphatic rings. The van der Waals surface area contributed by atoms with E-state index in [0.29, 0.717) is 25.7 Å². The number of carbonyl (C=O) groups excluding carboxylic acids is 1. The minimum absolute atomic E-state index is 0.247. The minimum Gasteiger partial charge on any atom is -0.480 e. The molecule has 1 amide bonds. The van der Waals surface area contributed by atoms with E-state index in [1.807, 2.05) is 0 Å². The van der Waals surface area contributed by atoms with Gasteiger partial charge in [0.2, 0.25) is 0 Å². The molecule has 22 heavy (non-hydrogen) atoms. The maximum Gasteiger partial charge on any atom is 0.329 e. The molecule has 0 saturated heterocycles. The summed E-state index contributed by atoms with van der Waals surface area (Å²) in [5.74, 6) is 0.258. The van der Waals surface area contributed by atoms with Gasteiger partial charge in [0.05, 0.1) is 5.56 Å². The number of amides is 1. The fourth-order valence-corrected chi connectivity index (χ4v) is 2.52. The van der Waals surface area contributed by atoms with Gasteiger partial charge >= 0.3 is 5.97 Å². The van der Waals surface area contributed by atoms with Gasteiger partial charge in [0.25, 0.3) is 5.91 Å². The first-order valence-electron chi connectivity index (χ1n) is 6.96. The Morgan fingerprint density at radius 1 is 1.18 bits per heavy atom. The van der Waals surface area contributed by atoms with Crippen molar-refractivity contribution in [1.29, 1.82) is 0 Å². The van der Waals surface area contributed by atoms with Gasteiger partial charge in [-0.3, -0.25) is 4.79 Å². The Balaban J connectivity index is 2.14. The molecule has 2 N–H and O–H groups in total. The molecule has 0 bridgehead atoms. The summed E-state index contributed by atoms with van der Waals surface area (Å²) in [7, 11) is 0. The predicted octanol–water partition coefficient (Wildman–Crippen LogP) is 2.22. The smallest absolute Gasteiger partial charge is 0.329 e. The van der Waals surface area contributed by atoms with Crippen LogP contribution in [0, 0.1) is 23.5 Å². The van der Waals surface area contributed by atoms with Crippen molar-refractivity contribution >= 4 is 11.9 Å². The lowest BCUT2D eigenvalue weighted by molar-refractivity contribution is -0.148. The average Bonchev–Trinajstić information content (AvgIpc) is 2.49. The Labute approximate surface area is 126 Å². The molecule has 0 aromatic heterocycles. The predicted molar refractivity (Wildman–Crippen MR) is 74.8 cm³/mol. The zero-order chi connectivity index (χ0) is 16.2. The van der Waals surface area contributed by atoms with Crippen LogP contribution in [-0.2, 0) is 9.59 Å². The van der Waals surface area contributed by atoms with Crippen molar-refractivity contribution in [3.8, 4) is 11.8 Å². The van der Waals surface area contributed by atoms with Crippen LogP contribution in [0.4, 0.5) is 8.78 Å². The van der Waals surface area contributed by atoms with Crippen LogP contribution in [0.25, 0.3) is 0 Å². The number of nitrogens with one attached hydrogen (secondary N) is 1. The second-order valence-electron chi connectivity index (χ2n) is 5.25. The first-order valence-corrected chi connectivity index (χ1v) is 6.96. The molecule has 1 aromatic rings. The van der Waals surface area contributed by atoms with Gasteiger partial charge in [-0.15, -0.1) is 0 Å². The quantitative estimate of drug-likeness (QED) is 0.823. The number of hydrogen-bond acceptors (Lipinski definition) is 2. The van der Waals surface area contributed by atoms with Gasteiger partial charge in [-0.1, -0.05) is 31.2 Å². The number of rotatable bonds is 2. The van der Waals surface area contributed by atoms with Crippen molar-refractivity contribution in [2.24, 2.45) is 0 Å². The summed E-state index contributed by atoms with van der Waals surface area (Å²) in [6.45, 7) is 0. The van der Waals surface area contributed by atoms with Crippen LogP contribution in [0.2, 0.25) is 0 Å². The third kappa shape index (κ3) is 3.42. The van der Waals surface area contributed by atoms with E-state index in [0.717, 1.165) is 12.5 Å². The second kappa shape index (κ2) is 6.56. The Bertz CT molecular complexity index is 655. The third-order valence-corrected chi connectivity index (χ3v) is 3.73. The third-order valence-electron chi connectivity index (χ3n) is 3.73. The summed E-state index contributed by atoms with van der Waals surface area (Å²) in [6, 6.07) is 3.47. The van der Waals surface area contributed by atoms with Crippen LogP contribution in [0.1, 0.15) is 37.7 Å². The van der Waals surface area contributed by atoms with Crippen LogP contribution in [0.3, 0.4) is 0 Å². The summed E-state index contributed by atoms with van der Waals surface area (Å²) < 4.78 is 26.4. The van der Waals surface area contributed by atoms with E-state index in [-0.39, 0.29) is 5.56 Å². The van der Waals surface area contributed by atoms with E-state index >= 15 is 0 Å². The molecule has 6 heteroatoms.